The summed E-state index contributed by atoms with van der Waals surface area (Å²) in [5.41, 5.74) is 1.87. The number of rotatable bonds is 6. The van der Waals surface area contributed by atoms with Gasteiger partial charge >= 0.3 is 0 Å². The summed E-state index contributed by atoms with van der Waals surface area (Å²) in [7, 11) is 2.83. The van der Waals surface area contributed by atoms with Gasteiger partial charge in [-0.2, -0.15) is 0 Å². The van der Waals surface area contributed by atoms with Gasteiger partial charge in [0.15, 0.2) is 11.5 Å². The van der Waals surface area contributed by atoms with E-state index in [-0.39, 0.29) is 22.4 Å². The number of ether oxygens (including phenoxy) is 2. The normalized spacial score (nSPS) is 11.3. The molecule has 0 atom stereocenters. The van der Waals surface area contributed by atoms with Gasteiger partial charge in [0, 0.05) is 11.8 Å². The molecule has 0 fully saturated rings. The largest absolute Gasteiger partial charge is 0.493 e. The number of hydrogen-bond acceptors (Lipinski definition) is 5. The number of carbonyl (C=O) groups is 1. The second kappa shape index (κ2) is 8.56. The molecule has 7 nitrogen and oxygen atoms in total. The molecule has 0 spiro atoms. The average Bonchev–Trinajstić information content (AvgIpc) is 2.65. The Kier molecular flexibility index (Phi) is 6.41. The molecule has 148 valence electrons. The van der Waals surface area contributed by atoms with Crippen LogP contribution in [0.3, 0.4) is 0 Å². The minimum atomic E-state index is -0.537. The summed E-state index contributed by atoms with van der Waals surface area (Å²) in [6.07, 6.45) is 2.62. The van der Waals surface area contributed by atoms with Crippen LogP contribution in [0.2, 0.25) is 0 Å². The molecule has 0 radical (unpaired) electrons. The van der Waals surface area contributed by atoms with Crippen LogP contribution in [0.5, 0.6) is 11.5 Å². The molecule has 0 unspecified atom stereocenters. The molecule has 7 heteroatoms. The highest BCUT2D eigenvalue weighted by molar-refractivity contribution is 6.02. The number of hydrogen-bond donors (Lipinski definition) is 1. The molecular formula is C21H24N2O5. The van der Waals surface area contributed by atoms with Gasteiger partial charge in [0.25, 0.3) is 5.69 Å². The lowest BCUT2D eigenvalue weighted by atomic mass is 9.87. The van der Waals surface area contributed by atoms with Crippen molar-refractivity contribution in [2.75, 3.05) is 19.5 Å². The van der Waals surface area contributed by atoms with E-state index in [2.05, 4.69) is 26.1 Å². The maximum absolute atomic E-state index is 12.2. The molecule has 0 bridgehead atoms. The van der Waals surface area contributed by atoms with Crippen molar-refractivity contribution in [2.45, 2.75) is 26.2 Å². The van der Waals surface area contributed by atoms with Gasteiger partial charge in [-0.1, -0.05) is 32.9 Å². The van der Waals surface area contributed by atoms with Gasteiger partial charge in [-0.05, 0) is 35.3 Å². The van der Waals surface area contributed by atoms with E-state index in [1.54, 1.807) is 0 Å². The van der Waals surface area contributed by atoms with Gasteiger partial charge in [-0.25, -0.2) is 0 Å². The Morgan fingerprint density at radius 2 is 1.64 bits per heavy atom. The second-order valence-corrected chi connectivity index (χ2v) is 7.17. The lowest BCUT2D eigenvalue weighted by Crippen LogP contribution is -2.12. The molecular weight excluding hydrogens is 360 g/mol. The van der Waals surface area contributed by atoms with Crippen molar-refractivity contribution in [1.29, 1.82) is 0 Å². The Hall–Kier alpha value is -3.35. The minimum absolute atomic E-state index is 0.0226. The number of nitro groups is 1. The highest BCUT2D eigenvalue weighted by atomic mass is 16.6. The fraction of sp³-hybridized carbons (Fsp3) is 0.286. The summed E-state index contributed by atoms with van der Waals surface area (Å²) in [5, 5.41) is 14.1. The van der Waals surface area contributed by atoms with Gasteiger partial charge in [0.05, 0.1) is 30.8 Å². The monoisotopic (exact) mass is 384 g/mol. The summed E-state index contributed by atoms with van der Waals surface area (Å²) < 4.78 is 10.3. The zero-order chi connectivity index (χ0) is 20.9. The molecule has 2 rings (SSSR count). The molecule has 28 heavy (non-hydrogen) atoms. The summed E-state index contributed by atoms with van der Waals surface area (Å²) in [5.74, 6) is 0.188. The van der Waals surface area contributed by atoms with Crippen LogP contribution >= 0.6 is 0 Å². The first-order chi connectivity index (χ1) is 13.2. The van der Waals surface area contributed by atoms with E-state index in [0.29, 0.717) is 11.4 Å². The van der Waals surface area contributed by atoms with Crippen molar-refractivity contribution < 1.29 is 19.2 Å². The zero-order valence-corrected chi connectivity index (χ0v) is 16.6. The van der Waals surface area contributed by atoms with Crippen molar-refractivity contribution in [3.8, 4) is 11.5 Å². The van der Waals surface area contributed by atoms with Crippen molar-refractivity contribution in [2.24, 2.45) is 0 Å². The Labute approximate surface area is 164 Å². The fourth-order valence-electron chi connectivity index (χ4n) is 2.58. The molecule has 2 aromatic rings. The Balaban J connectivity index is 2.20. The van der Waals surface area contributed by atoms with Crippen molar-refractivity contribution >= 4 is 23.4 Å². The van der Waals surface area contributed by atoms with Crippen LogP contribution in [-0.2, 0) is 10.2 Å². The van der Waals surface area contributed by atoms with E-state index in [1.807, 2.05) is 24.3 Å². The van der Waals surface area contributed by atoms with Crippen LogP contribution in [-0.4, -0.2) is 25.1 Å². The minimum Gasteiger partial charge on any atom is -0.493 e. The Bertz CT molecular complexity index is 896. The molecule has 1 amide bonds. The predicted molar refractivity (Wildman–Crippen MR) is 109 cm³/mol. The number of nitro benzene ring substituents is 1. The van der Waals surface area contributed by atoms with Gasteiger partial charge in [0.2, 0.25) is 5.91 Å². The smallest absolute Gasteiger partial charge is 0.280 e. The number of nitrogens with zero attached hydrogens (tertiary/aromatic N) is 1. The number of carbonyl (C=O) groups excluding carboxylic acids is 1. The molecule has 0 aliphatic heterocycles. The van der Waals surface area contributed by atoms with Crippen LogP contribution < -0.4 is 14.8 Å². The SMILES string of the molecule is COc1cc(/C=C\C(=O)Nc2ccc(C(C)(C)C)cc2)c([N+](=O)[O-])cc1OC. The topological polar surface area (TPSA) is 90.7 Å². The number of amides is 1. The molecule has 1 N–H and O–H groups in total. The number of nitrogens with one attached hydrogen (secondary N) is 1. The average molecular weight is 384 g/mol. The predicted octanol–water partition coefficient (Wildman–Crippen LogP) is 4.56. The number of benzene rings is 2. The van der Waals surface area contributed by atoms with Crippen LogP contribution in [0, 0.1) is 10.1 Å². The quantitative estimate of drug-likeness (QED) is 0.448. The summed E-state index contributed by atoms with van der Waals surface area (Å²) >= 11 is 0. The maximum Gasteiger partial charge on any atom is 0.280 e. The molecule has 0 aromatic heterocycles. The number of anilines is 1. The van der Waals surface area contributed by atoms with Crippen LogP contribution in [0.25, 0.3) is 6.08 Å². The highest BCUT2D eigenvalue weighted by Gasteiger charge is 2.18. The van der Waals surface area contributed by atoms with Crippen molar-refractivity contribution in [3.05, 3.63) is 63.7 Å². The van der Waals surface area contributed by atoms with Crippen molar-refractivity contribution in [3.63, 3.8) is 0 Å². The zero-order valence-electron chi connectivity index (χ0n) is 16.6. The molecule has 0 saturated carbocycles. The third-order valence-corrected chi connectivity index (χ3v) is 4.16. The number of methoxy groups -OCH3 is 2. The third-order valence-electron chi connectivity index (χ3n) is 4.16. The molecule has 0 saturated heterocycles. The summed E-state index contributed by atoms with van der Waals surface area (Å²) in [6, 6.07) is 10.3. The van der Waals surface area contributed by atoms with E-state index in [4.69, 9.17) is 9.47 Å². The van der Waals surface area contributed by atoms with E-state index in [9.17, 15) is 14.9 Å². The Morgan fingerprint density at radius 1 is 1.07 bits per heavy atom. The van der Waals surface area contributed by atoms with Crippen LogP contribution in [0.4, 0.5) is 11.4 Å². The lowest BCUT2D eigenvalue weighted by Gasteiger charge is -2.19. The van der Waals surface area contributed by atoms with E-state index >= 15 is 0 Å². The molecule has 2 aromatic carbocycles. The summed E-state index contributed by atoms with van der Waals surface area (Å²) in [4.78, 5) is 23.0. The van der Waals surface area contributed by atoms with Gasteiger partial charge in [-0.15, -0.1) is 0 Å². The van der Waals surface area contributed by atoms with E-state index in [0.717, 1.165) is 5.56 Å². The fourth-order valence-corrected chi connectivity index (χ4v) is 2.58. The molecule has 0 aliphatic rings. The Morgan fingerprint density at radius 3 is 2.14 bits per heavy atom. The maximum atomic E-state index is 12.2. The van der Waals surface area contributed by atoms with Gasteiger partial charge < -0.3 is 14.8 Å². The second-order valence-electron chi connectivity index (χ2n) is 7.17. The summed E-state index contributed by atoms with van der Waals surface area (Å²) in [6.45, 7) is 6.33. The van der Waals surface area contributed by atoms with E-state index < -0.39 is 10.8 Å². The third kappa shape index (κ3) is 5.09. The van der Waals surface area contributed by atoms with Crippen LogP contribution in [0.15, 0.2) is 42.5 Å². The van der Waals surface area contributed by atoms with Crippen LogP contribution in [0.1, 0.15) is 31.9 Å². The molecule has 0 heterocycles. The van der Waals surface area contributed by atoms with E-state index in [1.165, 1.54) is 38.5 Å². The van der Waals surface area contributed by atoms with Gasteiger partial charge in [0.1, 0.15) is 0 Å². The standard InChI is InChI=1S/C21H24N2O5/c1-21(2,3)15-7-9-16(10-8-15)22-20(24)11-6-14-12-18(27-4)19(28-5)13-17(14)23(25)26/h6-13H,1-5H3,(H,22,24)/b11-6-. The first-order valence-electron chi connectivity index (χ1n) is 8.65. The highest BCUT2D eigenvalue weighted by Crippen LogP contribution is 2.35. The first-order valence-corrected chi connectivity index (χ1v) is 8.65. The molecule has 0 aliphatic carbocycles. The first kappa shape index (κ1) is 21.0. The van der Waals surface area contributed by atoms with Gasteiger partial charge in [-0.3, -0.25) is 14.9 Å². The van der Waals surface area contributed by atoms with Crippen molar-refractivity contribution in [1.82, 2.24) is 0 Å². The lowest BCUT2D eigenvalue weighted by molar-refractivity contribution is -0.385.